The first kappa shape index (κ1) is 16.5. The predicted octanol–water partition coefficient (Wildman–Crippen LogP) is 3.89. The maximum atomic E-state index is 13.9. The minimum absolute atomic E-state index is 0.0424. The SMILES string of the molecule is COC(=O)C(C(C)C)n1c(CCl)nc2cc(I)c(F)cc21. The van der Waals surface area contributed by atoms with E-state index in [9.17, 15) is 9.18 Å². The van der Waals surface area contributed by atoms with Crippen LogP contribution in [-0.2, 0) is 15.4 Å². The highest BCUT2D eigenvalue weighted by atomic mass is 127. The number of ether oxygens (including phenoxy) is 1. The number of alkyl halides is 1. The van der Waals surface area contributed by atoms with Crippen LogP contribution < -0.4 is 0 Å². The highest BCUT2D eigenvalue weighted by molar-refractivity contribution is 14.1. The summed E-state index contributed by atoms with van der Waals surface area (Å²) in [5, 5.41) is 0. The number of hydrogen-bond acceptors (Lipinski definition) is 3. The third-order valence-electron chi connectivity index (χ3n) is 3.28. The van der Waals surface area contributed by atoms with Crippen LogP contribution in [0.15, 0.2) is 12.1 Å². The van der Waals surface area contributed by atoms with Gasteiger partial charge in [0.15, 0.2) is 0 Å². The molecule has 1 atom stereocenters. The van der Waals surface area contributed by atoms with E-state index in [-0.39, 0.29) is 17.6 Å². The van der Waals surface area contributed by atoms with Crippen LogP contribution in [0.2, 0.25) is 0 Å². The second kappa shape index (κ2) is 6.48. The molecule has 1 unspecified atom stereocenters. The predicted molar refractivity (Wildman–Crippen MR) is 87.9 cm³/mol. The number of aromatic nitrogens is 2. The minimum atomic E-state index is -0.590. The van der Waals surface area contributed by atoms with E-state index in [1.54, 1.807) is 10.6 Å². The molecule has 0 amide bonds. The van der Waals surface area contributed by atoms with Crippen LogP contribution >= 0.6 is 34.2 Å². The van der Waals surface area contributed by atoms with E-state index >= 15 is 0 Å². The number of halogens is 3. The topological polar surface area (TPSA) is 44.1 Å². The van der Waals surface area contributed by atoms with Crippen LogP contribution in [0.1, 0.15) is 25.7 Å². The van der Waals surface area contributed by atoms with Crippen LogP contribution in [0.25, 0.3) is 11.0 Å². The Kier molecular flexibility index (Phi) is 5.08. The minimum Gasteiger partial charge on any atom is -0.467 e. The molecular weight excluding hydrogens is 410 g/mol. The number of rotatable bonds is 4. The Morgan fingerprint density at radius 2 is 2.19 bits per heavy atom. The smallest absolute Gasteiger partial charge is 0.329 e. The molecule has 0 bridgehead atoms. The first-order valence-electron chi connectivity index (χ1n) is 6.40. The third-order valence-corrected chi connectivity index (χ3v) is 4.34. The Hall–Kier alpha value is -0.890. The van der Waals surface area contributed by atoms with Crippen LogP contribution in [0.3, 0.4) is 0 Å². The maximum absolute atomic E-state index is 13.9. The summed E-state index contributed by atoms with van der Waals surface area (Å²) in [5.74, 6) is -0.128. The molecule has 21 heavy (non-hydrogen) atoms. The number of carbonyl (C=O) groups excluding carboxylic acids is 1. The summed E-state index contributed by atoms with van der Waals surface area (Å²) < 4.78 is 20.9. The fourth-order valence-corrected chi connectivity index (χ4v) is 2.98. The van der Waals surface area contributed by atoms with Crippen molar-refractivity contribution in [2.45, 2.75) is 25.8 Å². The van der Waals surface area contributed by atoms with Crippen molar-refractivity contribution >= 4 is 51.2 Å². The van der Waals surface area contributed by atoms with Crippen molar-refractivity contribution in [2.24, 2.45) is 5.92 Å². The van der Waals surface area contributed by atoms with Crippen LogP contribution in [0.5, 0.6) is 0 Å². The second-order valence-corrected chi connectivity index (χ2v) is 6.43. The van der Waals surface area contributed by atoms with Gasteiger partial charge < -0.3 is 9.30 Å². The molecule has 0 aliphatic carbocycles. The molecule has 0 saturated carbocycles. The molecule has 0 fully saturated rings. The molecule has 1 aromatic heterocycles. The summed E-state index contributed by atoms with van der Waals surface area (Å²) >= 11 is 7.86. The van der Waals surface area contributed by atoms with Gasteiger partial charge in [0.05, 0.1) is 27.6 Å². The zero-order valence-corrected chi connectivity index (χ0v) is 14.8. The summed E-state index contributed by atoms with van der Waals surface area (Å²) in [6.07, 6.45) is 0. The van der Waals surface area contributed by atoms with Gasteiger partial charge >= 0.3 is 5.97 Å². The molecule has 1 aromatic carbocycles. The maximum Gasteiger partial charge on any atom is 0.329 e. The van der Waals surface area contributed by atoms with Crippen molar-refractivity contribution in [1.29, 1.82) is 0 Å². The van der Waals surface area contributed by atoms with E-state index in [0.717, 1.165) is 0 Å². The van der Waals surface area contributed by atoms with E-state index in [1.165, 1.54) is 13.2 Å². The Balaban J connectivity index is 2.75. The van der Waals surface area contributed by atoms with E-state index < -0.39 is 12.0 Å². The standard InChI is InChI=1S/C14H15ClFIN2O2/c1-7(2)13(14(20)21-3)19-11-4-8(16)9(17)5-10(11)18-12(19)6-15/h4-5,7,13H,6H2,1-3H3. The van der Waals surface area contributed by atoms with Gasteiger partial charge in [-0.2, -0.15) is 0 Å². The van der Waals surface area contributed by atoms with Gasteiger partial charge in [0.2, 0.25) is 0 Å². The van der Waals surface area contributed by atoms with E-state index in [4.69, 9.17) is 16.3 Å². The Bertz CT molecular complexity index is 687. The van der Waals surface area contributed by atoms with Gasteiger partial charge in [-0.25, -0.2) is 14.2 Å². The Morgan fingerprint density at radius 3 is 2.71 bits per heavy atom. The number of methoxy groups -OCH3 is 1. The lowest BCUT2D eigenvalue weighted by Gasteiger charge is -2.22. The van der Waals surface area contributed by atoms with Crippen molar-refractivity contribution < 1.29 is 13.9 Å². The fourth-order valence-electron chi connectivity index (χ4n) is 2.34. The number of hydrogen-bond donors (Lipinski definition) is 0. The second-order valence-electron chi connectivity index (χ2n) is 5.00. The quantitative estimate of drug-likeness (QED) is 0.425. The zero-order chi connectivity index (χ0) is 15.7. The first-order valence-corrected chi connectivity index (χ1v) is 8.01. The third kappa shape index (κ3) is 3.01. The molecular formula is C14H15ClFIN2O2. The number of fused-ring (bicyclic) bond motifs is 1. The summed E-state index contributed by atoms with van der Waals surface area (Å²) in [6.45, 7) is 3.79. The molecule has 2 aromatic rings. The molecule has 1 heterocycles. The van der Waals surface area contributed by atoms with Crippen LogP contribution in [0, 0.1) is 15.3 Å². The Morgan fingerprint density at radius 1 is 1.52 bits per heavy atom. The van der Waals surface area contributed by atoms with Gasteiger partial charge in [-0.05, 0) is 34.6 Å². The molecule has 0 N–H and O–H groups in total. The first-order chi connectivity index (χ1) is 9.90. The van der Waals surface area contributed by atoms with Gasteiger partial charge in [0.1, 0.15) is 17.7 Å². The van der Waals surface area contributed by atoms with E-state index in [0.29, 0.717) is 20.4 Å². The lowest BCUT2D eigenvalue weighted by atomic mass is 10.0. The van der Waals surface area contributed by atoms with Crippen LogP contribution in [0.4, 0.5) is 4.39 Å². The molecule has 114 valence electrons. The van der Waals surface area contributed by atoms with Crippen molar-refractivity contribution in [3.05, 3.63) is 27.3 Å². The molecule has 0 spiro atoms. The summed E-state index contributed by atoms with van der Waals surface area (Å²) in [7, 11) is 1.33. The molecule has 7 heteroatoms. The number of nitrogens with zero attached hydrogens (tertiary/aromatic N) is 2. The average molecular weight is 425 g/mol. The molecule has 0 radical (unpaired) electrons. The lowest BCUT2D eigenvalue weighted by molar-refractivity contribution is -0.145. The highest BCUT2D eigenvalue weighted by Crippen LogP contribution is 2.30. The normalized spacial score (nSPS) is 12.9. The summed E-state index contributed by atoms with van der Waals surface area (Å²) in [5.41, 5.74) is 1.17. The van der Waals surface area contributed by atoms with Gasteiger partial charge in [-0.15, -0.1) is 11.6 Å². The summed E-state index contributed by atoms with van der Waals surface area (Å²) in [6, 6.07) is 2.44. The molecule has 0 saturated heterocycles. The van der Waals surface area contributed by atoms with Gasteiger partial charge in [0.25, 0.3) is 0 Å². The number of benzene rings is 1. The van der Waals surface area contributed by atoms with Crippen molar-refractivity contribution in [1.82, 2.24) is 9.55 Å². The molecule has 0 aliphatic rings. The number of imidazole rings is 1. The molecule has 2 rings (SSSR count). The molecule has 0 aliphatic heterocycles. The van der Waals surface area contributed by atoms with Gasteiger partial charge in [-0.1, -0.05) is 13.8 Å². The highest BCUT2D eigenvalue weighted by Gasteiger charge is 2.29. The van der Waals surface area contributed by atoms with Crippen molar-refractivity contribution in [2.75, 3.05) is 7.11 Å². The van der Waals surface area contributed by atoms with Gasteiger partial charge in [0, 0.05) is 6.07 Å². The van der Waals surface area contributed by atoms with Crippen molar-refractivity contribution in [3.63, 3.8) is 0 Å². The lowest BCUT2D eigenvalue weighted by Crippen LogP contribution is -2.27. The largest absolute Gasteiger partial charge is 0.467 e. The van der Waals surface area contributed by atoms with E-state index in [1.807, 2.05) is 36.4 Å². The number of carbonyl (C=O) groups is 1. The average Bonchev–Trinajstić information content (AvgIpc) is 2.77. The van der Waals surface area contributed by atoms with Gasteiger partial charge in [-0.3, -0.25) is 0 Å². The van der Waals surface area contributed by atoms with Crippen molar-refractivity contribution in [3.8, 4) is 0 Å². The van der Waals surface area contributed by atoms with Crippen LogP contribution in [-0.4, -0.2) is 22.6 Å². The zero-order valence-electron chi connectivity index (χ0n) is 11.9. The molecule has 4 nitrogen and oxygen atoms in total. The Labute approximate surface area is 140 Å². The monoisotopic (exact) mass is 424 g/mol. The van der Waals surface area contributed by atoms with E-state index in [2.05, 4.69) is 4.98 Å². The summed E-state index contributed by atoms with van der Waals surface area (Å²) in [4.78, 5) is 16.5. The fraction of sp³-hybridized carbons (Fsp3) is 0.429. The number of esters is 1.